The molecule has 1 aliphatic heterocycles. The number of benzene rings is 3. The molecule has 30 heavy (non-hydrogen) atoms. The van der Waals surface area contributed by atoms with E-state index in [1.807, 2.05) is 6.07 Å². The average Bonchev–Trinajstić information content (AvgIpc) is 3.22. The number of para-hydroxylation sites is 1. The van der Waals surface area contributed by atoms with Crippen molar-refractivity contribution >= 4 is 0 Å². The van der Waals surface area contributed by atoms with Gasteiger partial charge < -0.3 is 9.84 Å². The Hall–Kier alpha value is -2.62. The fourth-order valence-electron chi connectivity index (χ4n) is 6.21. The van der Waals surface area contributed by atoms with E-state index in [1.165, 1.54) is 16.7 Å². The summed E-state index contributed by atoms with van der Waals surface area (Å²) in [4.78, 5) is 0. The van der Waals surface area contributed by atoms with Crippen molar-refractivity contribution in [3.8, 4) is 5.75 Å². The van der Waals surface area contributed by atoms with E-state index in [0.717, 1.165) is 25.1 Å². The molecule has 0 spiro atoms. The molecule has 3 aromatic rings. The molecule has 0 radical (unpaired) electrons. The van der Waals surface area contributed by atoms with Gasteiger partial charge in [0, 0.05) is 17.9 Å². The zero-order valence-electron chi connectivity index (χ0n) is 17.4. The second-order valence-electron chi connectivity index (χ2n) is 8.63. The first kappa shape index (κ1) is 19.3. The van der Waals surface area contributed by atoms with Crippen LogP contribution in [0.5, 0.6) is 5.75 Å². The van der Waals surface area contributed by atoms with Crippen LogP contribution in [0.1, 0.15) is 35.4 Å². The molecule has 3 heteroatoms. The SMILES string of the molecule is COc1ccccc1[C@H]1CCC(c2ccccc2)(c2ccccc2)[C@H]2C(O)NC[C@@H]12. The third-order valence-corrected chi connectivity index (χ3v) is 7.42. The highest BCUT2D eigenvalue weighted by Gasteiger charge is 2.56. The molecule has 3 nitrogen and oxygen atoms in total. The Labute approximate surface area is 178 Å². The lowest BCUT2D eigenvalue weighted by Gasteiger charge is -2.50. The van der Waals surface area contributed by atoms with Crippen molar-refractivity contribution in [1.82, 2.24) is 5.32 Å². The van der Waals surface area contributed by atoms with Gasteiger partial charge in [0.15, 0.2) is 0 Å². The first-order chi connectivity index (χ1) is 14.8. The minimum absolute atomic E-state index is 0.0889. The lowest BCUT2D eigenvalue weighted by Crippen LogP contribution is -2.49. The average molecular weight is 400 g/mol. The van der Waals surface area contributed by atoms with Crippen LogP contribution < -0.4 is 10.1 Å². The number of nitrogens with one attached hydrogen (secondary N) is 1. The van der Waals surface area contributed by atoms with Crippen LogP contribution in [0.3, 0.4) is 0 Å². The maximum absolute atomic E-state index is 11.2. The fraction of sp³-hybridized carbons (Fsp3) is 0.333. The number of fused-ring (bicyclic) bond motifs is 1. The number of hydrogen-bond donors (Lipinski definition) is 2. The zero-order valence-corrected chi connectivity index (χ0v) is 17.4. The van der Waals surface area contributed by atoms with Crippen LogP contribution in [0.25, 0.3) is 0 Å². The van der Waals surface area contributed by atoms with Crippen LogP contribution in [0.2, 0.25) is 0 Å². The Bertz CT molecular complexity index is 949. The molecule has 1 aliphatic carbocycles. The summed E-state index contributed by atoms with van der Waals surface area (Å²) >= 11 is 0. The third kappa shape index (κ3) is 2.96. The highest BCUT2D eigenvalue weighted by atomic mass is 16.5. The summed E-state index contributed by atoms with van der Waals surface area (Å²) in [6.07, 6.45) is 1.51. The van der Waals surface area contributed by atoms with Gasteiger partial charge in [0.05, 0.1) is 7.11 Å². The van der Waals surface area contributed by atoms with Crippen molar-refractivity contribution in [2.45, 2.75) is 30.4 Å². The summed E-state index contributed by atoms with van der Waals surface area (Å²) in [7, 11) is 1.75. The number of ether oxygens (including phenoxy) is 1. The van der Waals surface area contributed by atoms with Gasteiger partial charge in [0.25, 0.3) is 0 Å². The molecule has 1 saturated carbocycles. The van der Waals surface area contributed by atoms with Crippen molar-refractivity contribution in [2.24, 2.45) is 11.8 Å². The van der Waals surface area contributed by atoms with Crippen LogP contribution in [0.15, 0.2) is 84.9 Å². The van der Waals surface area contributed by atoms with Crippen molar-refractivity contribution < 1.29 is 9.84 Å². The maximum Gasteiger partial charge on any atom is 0.122 e. The molecular weight excluding hydrogens is 370 g/mol. The van der Waals surface area contributed by atoms with Crippen molar-refractivity contribution in [1.29, 1.82) is 0 Å². The fourth-order valence-corrected chi connectivity index (χ4v) is 6.21. The highest BCUT2D eigenvalue weighted by molar-refractivity contribution is 5.45. The lowest BCUT2D eigenvalue weighted by atomic mass is 9.53. The Kier molecular flexibility index (Phi) is 5.10. The Morgan fingerprint density at radius 3 is 2.10 bits per heavy atom. The molecule has 1 unspecified atom stereocenters. The molecule has 2 N–H and O–H groups in total. The van der Waals surface area contributed by atoms with Crippen molar-refractivity contribution in [3.63, 3.8) is 0 Å². The second-order valence-corrected chi connectivity index (χ2v) is 8.63. The quantitative estimate of drug-likeness (QED) is 0.667. The molecule has 0 aromatic heterocycles. The van der Waals surface area contributed by atoms with E-state index in [9.17, 15) is 5.11 Å². The Morgan fingerprint density at radius 2 is 1.47 bits per heavy atom. The van der Waals surface area contributed by atoms with Gasteiger partial charge in [-0.15, -0.1) is 0 Å². The van der Waals surface area contributed by atoms with E-state index < -0.39 is 6.23 Å². The topological polar surface area (TPSA) is 41.5 Å². The molecule has 4 atom stereocenters. The van der Waals surface area contributed by atoms with Gasteiger partial charge in [-0.05, 0) is 47.4 Å². The molecule has 154 valence electrons. The minimum Gasteiger partial charge on any atom is -0.496 e. The Morgan fingerprint density at radius 1 is 0.867 bits per heavy atom. The van der Waals surface area contributed by atoms with E-state index in [2.05, 4.69) is 84.2 Å². The van der Waals surface area contributed by atoms with Gasteiger partial charge >= 0.3 is 0 Å². The Balaban J connectivity index is 1.66. The smallest absolute Gasteiger partial charge is 0.122 e. The number of hydrogen-bond acceptors (Lipinski definition) is 3. The van der Waals surface area contributed by atoms with Crippen LogP contribution in [0, 0.1) is 11.8 Å². The van der Waals surface area contributed by atoms with Gasteiger partial charge in [0.1, 0.15) is 12.0 Å². The van der Waals surface area contributed by atoms with E-state index >= 15 is 0 Å². The summed E-state index contributed by atoms with van der Waals surface area (Å²) in [5, 5.41) is 14.6. The molecule has 3 aromatic carbocycles. The first-order valence-corrected chi connectivity index (χ1v) is 10.9. The number of aliphatic hydroxyl groups excluding tert-OH is 1. The largest absolute Gasteiger partial charge is 0.496 e. The summed E-state index contributed by atoms with van der Waals surface area (Å²) in [6.45, 7) is 0.815. The van der Waals surface area contributed by atoms with E-state index in [1.54, 1.807) is 7.11 Å². The van der Waals surface area contributed by atoms with Crippen molar-refractivity contribution in [2.75, 3.05) is 13.7 Å². The zero-order chi connectivity index (χ0) is 20.6. The third-order valence-electron chi connectivity index (χ3n) is 7.42. The van der Waals surface area contributed by atoms with Crippen molar-refractivity contribution in [3.05, 3.63) is 102 Å². The molecule has 1 heterocycles. The minimum atomic E-state index is -0.534. The van der Waals surface area contributed by atoms with Crippen LogP contribution in [0.4, 0.5) is 0 Å². The van der Waals surface area contributed by atoms with Gasteiger partial charge in [-0.3, -0.25) is 5.32 Å². The molecule has 5 rings (SSSR count). The van der Waals surface area contributed by atoms with Gasteiger partial charge in [-0.1, -0.05) is 78.9 Å². The molecule has 1 saturated heterocycles. The predicted molar refractivity (Wildman–Crippen MR) is 120 cm³/mol. The highest BCUT2D eigenvalue weighted by Crippen LogP contribution is 2.58. The van der Waals surface area contributed by atoms with Crippen LogP contribution in [-0.4, -0.2) is 25.0 Å². The maximum atomic E-state index is 11.2. The van der Waals surface area contributed by atoms with Crippen LogP contribution >= 0.6 is 0 Å². The monoisotopic (exact) mass is 399 g/mol. The molecule has 2 fully saturated rings. The number of rotatable bonds is 4. The lowest BCUT2D eigenvalue weighted by molar-refractivity contribution is 0.0315. The van der Waals surface area contributed by atoms with Crippen LogP contribution in [-0.2, 0) is 5.41 Å². The van der Waals surface area contributed by atoms with Gasteiger partial charge in [-0.25, -0.2) is 0 Å². The number of methoxy groups -OCH3 is 1. The summed E-state index contributed by atoms with van der Waals surface area (Å²) in [5.41, 5.74) is 3.65. The van der Waals surface area contributed by atoms with E-state index in [0.29, 0.717) is 11.8 Å². The molecular formula is C27H29NO2. The normalized spacial score (nSPS) is 27.4. The second kappa shape index (κ2) is 7.90. The summed E-state index contributed by atoms with van der Waals surface area (Å²) in [5.74, 6) is 1.72. The van der Waals surface area contributed by atoms with Gasteiger partial charge in [0.2, 0.25) is 0 Å². The molecule has 0 bridgehead atoms. The van der Waals surface area contributed by atoms with Gasteiger partial charge in [-0.2, -0.15) is 0 Å². The number of aliphatic hydroxyl groups is 1. The van der Waals surface area contributed by atoms with E-state index in [-0.39, 0.29) is 11.3 Å². The summed E-state index contributed by atoms with van der Waals surface area (Å²) in [6, 6.07) is 30.0. The van der Waals surface area contributed by atoms with E-state index in [4.69, 9.17) is 4.74 Å². The standard InChI is InChI=1S/C27H29NO2/c1-30-24-15-9-8-14-22(24)21-16-17-27(19-10-4-2-5-11-19,20-12-6-3-7-13-20)25-23(21)18-28-26(25)29/h2-15,21,23,25-26,28-29H,16-18H2,1H3/t21-,23+,25-,26?/m1/s1. The summed E-state index contributed by atoms with van der Waals surface area (Å²) < 4.78 is 5.71. The molecule has 0 amide bonds. The predicted octanol–water partition coefficient (Wildman–Crippen LogP) is 4.71. The first-order valence-electron chi connectivity index (χ1n) is 10.9. The molecule has 2 aliphatic rings.